The number of benzene rings is 1. The van der Waals surface area contributed by atoms with Crippen LogP contribution in [0.1, 0.15) is 63.4 Å². The number of nitrogens with zero attached hydrogens (tertiary/aromatic N) is 3. The standard InChI is InChI=1S/C26H29N3O/c1-28-25(20-27)22-18-24(30-26(19-22)14-4-2-5-15-26)13-10-21-8-11-23(12-9-21)29-16-6-3-7-17-29/h8-13,18H,2-7,14-17,19H2. The predicted octanol–water partition coefficient (Wildman–Crippen LogP) is 6.39. The van der Waals surface area contributed by atoms with Crippen molar-refractivity contribution in [2.24, 2.45) is 0 Å². The van der Waals surface area contributed by atoms with Crippen molar-refractivity contribution in [1.82, 2.24) is 0 Å². The van der Waals surface area contributed by atoms with Crippen molar-refractivity contribution < 1.29 is 4.74 Å². The zero-order valence-electron chi connectivity index (χ0n) is 17.6. The predicted molar refractivity (Wildman–Crippen MR) is 120 cm³/mol. The molecule has 4 rings (SSSR count). The summed E-state index contributed by atoms with van der Waals surface area (Å²) in [6.45, 7) is 9.65. The van der Waals surface area contributed by atoms with Gasteiger partial charge < -0.3 is 9.64 Å². The maximum Gasteiger partial charge on any atom is 0.265 e. The highest BCUT2D eigenvalue weighted by Crippen LogP contribution is 2.43. The fourth-order valence-corrected chi connectivity index (χ4v) is 4.89. The number of allylic oxidation sites excluding steroid dienone is 3. The van der Waals surface area contributed by atoms with Gasteiger partial charge in [0.05, 0.1) is 12.6 Å². The number of hydrogen-bond donors (Lipinski definition) is 0. The maximum absolute atomic E-state index is 9.38. The molecule has 0 bridgehead atoms. The molecule has 2 aliphatic heterocycles. The Morgan fingerprint density at radius 2 is 1.73 bits per heavy atom. The molecule has 1 aromatic rings. The van der Waals surface area contributed by atoms with Crippen molar-refractivity contribution in [2.45, 2.75) is 63.4 Å². The number of ether oxygens (including phenoxy) is 1. The van der Waals surface area contributed by atoms with Gasteiger partial charge in [-0.1, -0.05) is 24.6 Å². The fraction of sp³-hybridized carbons (Fsp3) is 0.462. The van der Waals surface area contributed by atoms with Crippen LogP contribution in [0.3, 0.4) is 0 Å². The first kappa shape index (κ1) is 20.3. The molecular weight excluding hydrogens is 370 g/mol. The summed E-state index contributed by atoms with van der Waals surface area (Å²) < 4.78 is 6.44. The molecule has 3 aliphatic rings. The lowest BCUT2D eigenvalue weighted by Crippen LogP contribution is -2.37. The van der Waals surface area contributed by atoms with E-state index in [0.29, 0.717) is 6.42 Å². The monoisotopic (exact) mass is 399 g/mol. The lowest BCUT2D eigenvalue weighted by Gasteiger charge is -2.41. The third kappa shape index (κ3) is 4.60. The summed E-state index contributed by atoms with van der Waals surface area (Å²) in [5.74, 6) is 0.759. The Morgan fingerprint density at radius 1 is 1.03 bits per heavy atom. The summed E-state index contributed by atoms with van der Waals surface area (Å²) in [6, 6.07) is 10.8. The Balaban J connectivity index is 1.54. The van der Waals surface area contributed by atoms with Gasteiger partial charge in [0, 0.05) is 25.2 Å². The molecule has 4 heteroatoms. The van der Waals surface area contributed by atoms with Gasteiger partial charge in [0.15, 0.2) is 0 Å². The molecule has 0 aromatic heterocycles. The molecule has 1 spiro atoms. The van der Waals surface area contributed by atoms with Gasteiger partial charge in [-0.2, -0.15) is 0 Å². The third-order valence-electron chi connectivity index (χ3n) is 6.50. The van der Waals surface area contributed by atoms with Gasteiger partial charge in [0.1, 0.15) is 11.4 Å². The highest BCUT2D eigenvalue weighted by molar-refractivity contribution is 5.58. The summed E-state index contributed by atoms with van der Waals surface area (Å²) in [7, 11) is 0. The largest absolute Gasteiger partial charge is 0.487 e. The van der Waals surface area contributed by atoms with E-state index < -0.39 is 0 Å². The van der Waals surface area contributed by atoms with Gasteiger partial charge in [-0.3, -0.25) is 0 Å². The van der Waals surface area contributed by atoms with Crippen molar-refractivity contribution in [1.29, 1.82) is 5.26 Å². The highest BCUT2D eigenvalue weighted by Gasteiger charge is 2.38. The molecule has 154 valence electrons. The van der Waals surface area contributed by atoms with Gasteiger partial charge in [-0.05, 0) is 80.4 Å². The minimum atomic E-state index is -0.257. The Kier molecular flexibility index (Phi) is 6.24. The zero-order chi connectivity index (χ0) is 20.8. The lowest BCUT2D eigenvalue weighted by molar-refractivity contribution is -0.0285. The molecule has 30 heavy (non-hydrogen) atoms. The Hall–Kier alpha value is -2.98. The molecular formula is C26H29N3O. The summed E-state index contributed by atoms with van der Waals surface area (Å²) in [5.41, 5.74) is 3.18. The molecule has 0 amide bonds. The van der Waals surface area contributed by atoms with E-state index in [4.69, 9.17) is 11.3 Å². The van der Waals surface area contributed by atoms with E-state index in [-0.39, 0.29) is 11.3 Å². The van der Waals surface area contributed by atoms with Gasteiger partial charge in [0.2, 0.25) is 0 Å². The molecule has 0 atom stereocenters. The van der Waals surface area contributed by atoms with Gasteiger partial charge in [-0.25, -0.2) is 10.1 Å². The van der Waals surface area contributed by atoms with E-state index in [0.717, 1.165) is 55.7 Å². The van der Waals surface area contributed by atoms with E-state index in [1.807, 2.05) is 12.2 Å². The number of nitriles is 1. The second kappa shape index (κ2) is 9.23. The Bertz CT molecular complexity index is 912. The lowest BCUT2D eigenvalue weighted by atomic mass is 9.78. The quantitative estimate of drug-likeness (QED) is 0.436. The van der Waals surface area contributed by atoms with Crippen LogP contribution in [0.5, 0.6) is 0 Å². The Labute approximate surface area is 180 Å². The molecule has 1 aliphatic carbocycles. The van der Waals surface area contributed by atoms with Crippen LogP contribution in [0.25, 0.3) is 10.9 Å². The normalized spacial score (nSPS) is 22.7. The first-order chi connectivity index (χ1) is 14.7. The van der Waals surface area contributed by atoms with E-state index in [1.54, 1.807) is 0 Å². The third-order valence-corrected chi connectivity index (χ3v) is 6.50. The zero-order valence-corrected chi connectivity index (χ0v) is 17.6. The summed E-state index contributed by atoms with van der Waals surface area (Å²) in [4.78, 5) is 5.91. The minimum Gasteiger partial charge on any atom is -0.487 e. The molecule has 2 heterocycles. The van der Waals surface area contributed by atoms with Crippen LogP contribution in [0.2, 0.25) is 0 Å². The number of piperidine rings is 1. The second-order valence-electron chi connectivity index (χ2n) is 8.64. The van der Waals surface area contributed by atoms with Crippen molar-refractivity contribution in [2.75, 3.05) is 18.0 Å². The first-order valence-corrected chi connectivity index (χ1v) is 11.2. The topological polar surface area (TPSA) is 40.6 Å². The fourth-order valence-electron chi connectivity index (χ4n) is 4.89. The van der Waals surface area contributed by atoms with Crippen molar-refractivity contribution >= 4 is 11.8 Å². The van der Waals surface area contributed by atoms with Crippen LogP contribution in [-0.4, -0.2) is 18.7 Å². The van der Waals surface area contributed by atoms with E-state index >= 15 is 0 Å². The molecule has 2 fully saturated rings. The molecule has 4 nitrogen and oxygen atoms in total. The summed E-state index contributed by atoms with van der Waals surface area (Å²) in [6.07, 6.45) is 16.0. The Morgan fingerprint density at radius 3 is 2.40 bits per heavy atom. The van der Waals surface area contributed by atoms with Crippen LogP contribution >= 0.6 is 0 Å². The van der Waals surface area contributed by atoms with E-state index in [1.165, 1.54) is 31.4 Å². The van der Waals surface area contributed by atoms with E-state index in [9.17, 15) is 5.26 Å². The number of hydrogen-bond acceptors (Lipinski definition) is 3. The minimum absolute atomic E-state index is 0.194. The molecule has 0 unspecified atom stereocenters. The molecule has 1 saturated heterocycles. The van der Waals surface area contributed by atoms with Gasteiger partial charge in [-0.15, -0.1) is 0 Å². The maximum atomic E-state index is 9.38. The van der Waals surface area contributed by atoms with Crippen molar-refractivity contribution in [3.8, 4) is 6.07 Å². The number of rotatable bonds is 3. The summed E-state index contributed by atoms with van der Waals surface area (Å²) >= 11 is 0. The van der Waals surface area contributed by atoms with Crippen LogP contribution in [-0.2, 0) is 4.74 Å². The van der Waals surface area contributed by atoms with E-state index in [2.05, 4.69) is 46.2 Å². The van der Waals surface area contributed by atoms with Crippen molar-refractivity contribution in [3.05, 3.63) is 70.4 Å². The van der Waals surface area contributed by atoms with Crippen LogP contribution in [0.4, 0.5) is 5.69 Å². The average molecular weight is 400 g/mol. The summed E-state index contributed by atoms with van der Waals surface area (Å²) in [5, 5.41) is 9.38. The highest BCUT2D eigenvalue weighted by atomic mass is 16.5. The number of anilines is 1. The van der Waals surface area contributed by atoms with Crippen molar-refractivity contribution in [3.63, 3.8) is 0 Å². The first-order valence-electron chi connectivity index (χ1n) is 11.2. The molecule has 0 N–H and O–H groups in total. The second-order valence-corrected chi connectivity index (χ2v) is 8.64. The molecule has 1 aromatic carbocycles. The van der Waals surface area contributed by atoms with Crippen LogP contribution in [0, 0.1) is 17.9 Å². The smallest absolute Gasteiger partial charge is 0.265 e. The SMILES string of the molecule is [C-]#[N+]C(C#N)=C1C=C(C=Cc2ccc(N3CCCCC3)cc2)OC2(CCCCC2)C1. The van der Waals surface area contributed by atoms with Gasteiger partial charge in [0.25, 0.3) is 5.70 Å². The van der Waals surface area contributed by atoms with Crippen LogP contribution in [0.15, 0.2) is 53.4 Å². The average Bonchev–Trinajstić information content (AvgIpc) is 2.80. The molecule has 1 saturated carbocycles. The van der Waals surface area contributed by atoms with Gasteiger partial charge >= 0.3 is 0 Å². The molecule has 0 radical (unpaired) electrons. The van der Waals surface area contributed by atoms with Crippen LogP contribution < -0.4 is 4.90 Å².